The van der Waals surface area contributed by atoms with Crippen LogP contribution in [0.25, 0.3) is 0 Å². The number of halogens is 1. The largest absolute Gasteiger partial charge is 0.497 e. The minimum Gasteiger partial charge on any atom is -0.497 e. The maximum Gasteiger partial charge on any atom is 0.240 e. The number of hydrogen-bond acceptors (Lipinski definition) is 4. The summed E-state index contributed by atoms with van der Waals surface area (Å²) in [5.74, 6) is 0.573. The van der Waals surface area contributed by atoms with Crippen molar-refractivity contribution < 1.29 is 18.3 Å². The molecule has 142 valence electrons. The summed E-state index contributed by atoms with van der Waals surface area (Å²) in [7, 11) is -2.17. The summed E-state index contributed by atoms with van der Waals surface area (Å²) < 4.78 is 33.1. The van der Waals surface area contributed by atoms with E-state index in [1.807, 2.05) is 31.2 Å². The topological polar surface area (TPSA) is 75.6 Å². The lowest BCUT2D eigenvalue weighted by Gasteiger charge is -2.27. The molecule has 5 nitrogen and oxygen atoms in total. The highest BCUT2D eigenvalue weighted by molar-refractivity contribution is 7.89. The fourth-order valence-corrected chi connectivity index (χ4v) is 4.28. The van der Waals surface area contributed by atoms with Crippen LogP contribution in [0.3, 0.4) is 0 Å². The Hall–Kier alpha value is -1.60. The Morgan fingerprint density at radius 2 is 1.73 bits per heavy atom. The SMILES string of the molecule is CCCC(c1ccc(OC)cc1)C(CO)NS(=O)(=O)c1ccc(Cl)cc1. The van der Waals surface area contributed by atoms with E-state index in [1.165, 1.54) is 24.3 Å². The molecular weight excluding hydrogens is 374 g/mol. The number of aliphatic hydroxyl groups excluding tert-OH is 1. The molecule has 0 aliphatic rings. The van der Waals surface area contributed by atoms with Gasteiger partial charge in [0.1, 0.15) is 5.75 Å². The van der Waals surface area contributed by atoms with E-state index in [0.29, 0.717) is 5.02 Å². The third-order valence-electron chi connectivity index (χ3n) is 4.26. The van der Waals surface area contributed by atoms with E-state index in [0.717, 1.165) is 24.2 Å². The van der Waals surface area contributed by atoms with Crippen LogP contribution in [-0.4, -0.2) is 33.3 Å². The zero-order chi connectivity index (χ0) is 19.2. The first kappa shape index (κ1) is 20.7. The maximum absolute atomic E-state index is 12.7. The van der Waals surface area contributed by atoms with Crippen LogP contribution in [-0.2, 0) is 10.0 Å². The van der Waals surface area contributed by atoms with E-state index in [-0.39, 0.29) is 17.4 Å². The fourth-order valence-electron chi connectivity index (χ4n) is 2.89. The number of benzene rings is 2. The van der Waals surface area contributed by atoms with Gasteiger partial charge >= 0.3 is 0 Å². The van der Waals surface area contributed by atoms with Gasteiger partial charge in [-0.2, -0.15) is 0 Å². The summed E-state index contributed by atoms with van der Waals surface area (Å²) >= 11 is 5.83. The van der Waals surface area contributed by atoms with Crippen LogP contribution >= 0.6 is 11.6 Å². The lowest BCUT2D eigenvalue weighted by molar-refractivity contribution is 0.234. The van der Waals surface area contributed by atoms with Crippen LogP contribution in [0.1, 0.15) is 31.2 Å². The van der Waals surface area contributed by atoms with Gasteiger partial charge in [0.05, 0.1) is 24.7 Å². The number of nitrogens with one attached hydrogen (secondary N) is 1. The molecule has 7 heteroatoms. The number of sulfonamides is 1. The van der Waals surface area contributed by atoms with E-state index in [2.05, 4.69) is 4.72 Å². The summed E-state index contributed by atoms with van der Waals surface area (Å²) in [6, 6.07) is 12.8. The van der Waals surface area contributed by atoms with Crippen molar-refractivity contribution >= 4 is 21.6 Å². The zero-order valence-corrected chi connectivity index (χ0v) is 16.4. The Bertz CT molecular complexity index is 791. The van der Waals surface area contributed by atoms with E-state index in [4.69, 9.17) is 16.3 Å². The monoisotopic (exact) mass is 397 g/mol. The summed E-state index contributed by atoms with van der Waals surface area (Å²) in [5, 5.41) is 10.3. The predicted molar refractivity (Wildman–Crippen MR) is 103 cm³/mol. The molecule has 2 aromatic carbocycles. The van der Waals surface area contributed by atoms with Crippen molar-refractivity contribution in [2.45, 2.75) is 36.6 Å². The molecule has 0 bridgehead atoms. The van der Waals surface area contributed by atoms with Crippen LogP contribution in [0.2, 0.25) is 5.02 Å². The zero-order valence-electron chi connectivity index (χ0n) is 14.9. The van der Waals surface area contributed by atoms with Crippen LogP contribution in [0.15, 0.2) is 53.4 Å². The van der Waals surface area contributed by atoms with Crippen LogP contribution in [0, 0.1) is 0 Å². The van der Waals surface area contributed by atoms with Gasteiger partial charge in [0.2, 0.25) is 10.0 Å². The van der Waals surface area contributed by atoms with Gasteiger partial charge in [-0.3, -0.25) is 0 Å². The van der Waals surface area contributed by atoms with Crippen molar-refractivity contribution in [1.82, 2.24) is 4.72 Å². The summed E-state index contributed by atoms with van der Waals surface area (Å²) in [5.41, 5.74) is 0.950. The molecule has 0 aliphatic carbocycles. The van der Waals surface area contributed by atoms with Crippen LogP contribution < -0.4 is 9.46 Å². The van der Waals surface area contributed by atoms with E-state index in [1.54, 1.807) is 7.11 Å². The second-order valence-corrected chi connectivity index (χ2v) is 8.18. The van der Waals surface area contributed by atoms with Gasteiger partial charge in [0.25, 0.3) is 0 Å². The van der Waals surface area contributed by atoms with Crippen LogP contribution in [0.4, 0.5) is 0 Å². The third-order valence-corrected chi connectivity index (χ3v) is 6.01. The van der Waals surface area contributed by atoms with E-state index < -0.39 is 16.1 Å². The van der Waals surface area contributed by atoms with Crippen molar-refractivity contribution in [2.24, 2.45) is 0 Å². The summed E-state index contributed by atoms with van der Waals surface area (Å²) in [6.45, 7) is 1.72. The van der Waals surface area contributed by atoms with Gasteiger partial charge in [-0.15, -0.1) is 0 Å². The molecule has 26 heavy (non-hydrogen) atoms. The molecule has 0 saturated carbocycles. The molecule has 0 aromatic heterocycles. The third kappa shape index (κ3) is 5.20. The second-order valence-electron chi connectivity index (χ2n) is 6.03. The van der Waals surface area contributed by atoms with Gasteiger partial charge in [-0.25, -0.2) is 13.1 Å². The molecule has 2 N–H and O–H groups in total. The van der Waals surface area contributed by atoms with E-state index >= 15 is 0 Å². The molecule has 0 aliphatic heterocycles. The Kier molecular flexibility index (Phi) is 7.46. The number of hydrogen-bond donors (Lipinski definition) is 2. The van der Waals surface area contributed by atoms with Crippen molar-refractivity contribution in [1.29, 1.82) is 0 Å². The Balaban J connectivity index is 2.28. The Labute approximate surface area is 160 Å². The molecule has 2 aromatic rings. The summed E-state index contributed by atoms with van der Waals surface area (Å²) in [6.07, 6.45) is 1.59. The number of rotatable bonds is 9. The molecule has 2 atom stereocenters. The number of ether oxygens (including phenoxy) is 1. The highest BCUT2D eigenvalue weighted by atomic mass is 35.5. The van der Waals surface area contributed by atoms with E-state index in [9.17, 15) is 13.5 Å². The second kappa shape index (κ2) is 9.37. The average Bonchev–Trinajstić information content (AvgIpc) is 2.65. The van der Waals surface area contributed by atoms with Gasteiger partial charge in [-0.05, 0) is 48.4 Å². The lowest BCUT2D eigenvalue weighted by atomic mass is 9.88. The molecule has 0 spiro atoms. The van der Waals surface area contributed by atoms with Gasteiger partial charge in [0.15, 0.2) is 0 Å². The highest BCUT2D eigenvalue weighted by Crippen LogP contribution is 2.28. The molecule has 0 radical (unpaired) electrons. The summed E-state index contributed by atoms with van der Waals surface area (Å²) in [4.78, 5) is 0.116. The van der Waals surface area contributed by atoms with Crippen molar-refractivity contribution in [3.63, 3.8) is 0 Å². The normalized spacial score (nSPS) is 14.0. The molecule has 0 saturated heterocycles. The first-order chi connectivity index (χ1) is 12.4. The molecule has 0 amide bonds. The number of aliphatic hydroxyl groups is 1. The molecule has 0 fully saturated rings. The van der Waals surface area contributed by atoms with Gasteiger partial charge in [0, 0.05) is 10.9 Å². The van der Waals surface area contributed by atoms with Crippen LogP contribution in [0.5, 0.6) is 5.75 Å². The van der Waals surface area contributed by atoms with Crippen molar-refractivity contribution in [2.75, 3.05) is 13.7 Å². The standard InChI is InChI=1S/C19H24ClNO4S/c1-3-4-18(14-5-9-16(25-2)10-6-14)19(13-22)21-26(23,24)17-11-7-15(20)8-12-17/h5-12,18-19,21-22H,3-4,13H2,1-2H3. The molecule has 0 heterocycles. The van der Waals surface area contributed by atoms with Crippen molar-refractivity contribution in [3.05, 3.63) is 59.1 Å². The van der Waals surface area contributed by atoms with Crippen molar-refractivity contribution in [3.8, 4) is 5.75 Å². The molecule has 2 rings (SSSR count). The minimum atomic E-state index is -3.77. The maximum atomic E-state index is 12.7. The molecular formula is C19H24ClNO4S. The van der Waals surface area contributed by atoms with Gasteiger partial charge in [-0.1, -0.05) is 37.1 Å². The number of methoxy groups -OCH3 is 1. The lowest BCUT2D eigenvalue weighted by Crippen LogP contribution is -2.41. The molecule has 2 unspecified atom stereocenters. The highest BCUT2D eigenvalue weighted by Gasteiger charge is 2.27. The predicted octanol–water partition coefficient (Wildman–Crippen LogP) is 3.57. The fraction of sp³-hybridized carbons (Fsp3) is 0.368. The first-order valence-electron chi connectivity index (χ1n) is 8.44. The average molecular weight is 398 g/mol. The Morgan fingerprint density at radius 1 is 1.12 bits per heavy atom. The van der Waals surface area contributed by atoms with Gasteiger partial charge < -0.3 is 9.84 Å². The Morgan fingerprint density at radius 3 is 2.23 bits per heavy atom. The quantitative estimate of drug-likeness (QED) is 0.678. The first-order valence-corrected chi connectivity index (χ1v) is 10.3. The smallest absolute Gasteiger partial charge is 0.240 e. The minimum absolute atomic E-state index is 0.116.